The molecule has 1 unspecified atom stereocenters. The molecule has 0 aromatic rings. The zero-order valence-electron chi connectivity index (χ0n) is 11.3. The molecule has 4 heteroatoms. The van der Waals surface area contributed by atoms with Crippen molar-refractivity contribution >= 4 is 0 Å². The van der Waals surface area contributed by atoms with Gasteiger partial charge < -0.3 is 20.4 Å². The van der Waals surface area contributed by atoms with Crippen LogP contribution in [-0.2, 0) is 0 Å². The second-order valence-corrected chi connectivity index (χ2v) is 5.48. The van der Waals surface area contributed by atoms with E-state index in [1.54, 1.807) is 0 Å². The molecule has 0 amide bonds. The van der Waals surface area contributed by atoms with E-state index < -0.39 is 0 Å². The fraction of sp³-hybridized carbons (Fsp3) is 1.00. The number of hydrogen-bond acceptors (Lipinski definition) is 4. The van der Waals surface area contributed by atoms with Crippen molar-refractivity contribution in [3.63, 3.8) is 0 Å². The number of piperazine rings is 1. The monoisotopic (exact) mass is 240 g/mol. The summed E-state index contributed by atoms with van der Waals surface area (Å²) in [6, 6.07) is 0.433. The molecule has 4 nitrogen and oxygen atoms in total. The number of rotatable bonds is 5. The lowest BCUT2D eigenvalue weighted by molar-refractivity contribution is 0.132. The average Bonchev–Trinajstić information content (AvgIpc) is 2.76. The number of likely N-dealkylation sites (tertiary alicyclic amines) is 1. The maximum Gasteiger partial charge on any atom is 0.0180 e. The molecule has 0 spiro atoms. The summed E-state index contributed by atoms with van der Waals surface area (Å²) in [6.07, 6.45) is 2.49. The minimum atomic E-state index is 0.433. The first-order valence-electron chi connectivity index (χ1n) is 7.20. The van der Waals surface area contributed by atoms with E-state index in [2.05, 4.69) is 21.6 Å². The Morgan fingerprint density at radius 3 is 2.18 bits per heavy atom. The minimum absolute atomic E-state index is 0.433. The third-order valence-electron chi connectivity index (χ3n) is 4.17. The van der Waals surface area contributed by atoms with Crippen LogP contribution in [0.1, 0.15) is 19.8 Å². The summed E-state index contributed by atoms with van der Waals surface area (Å²) in [6.45, 7) is 13.3. The van der Waals surface area contributed by atoms with E-state index >= 15 is 0 Å². The molecule has 0 aliphatic carbocycles. The van der Waals surface area contributed by atoms with Crippen LogP contribution in [0.4, 0.5) is 0 Å². The molecule has 0 radical (unpaired) electrons. The van der Waals surface area contributed by atoms with Gasteiger partial charge in [-0.05, 0) is 39.0 Å². The first kappa shape index (κ1) is 13.3. The van der Waals surface area contributed by atoms with Crippen molar-refractivity contribution < 1.29 is 0 Å². The van der Waals surface area contributed by atoms with Gasteiger partial charge in [0, 0.05) is 38.8 Å². The van der Waals surface area contributed by atoms with Crippen LogP contribution < -0.4 is 5.73 Å². The Balaban J connectivity index is 1.54. The molecule has 2 aliphatic heterocycles. The summed E-state index contributed by atoms with van der Waals surface area (Å²) < 4.78 is 0. The normalized spacial score (nSPS) is 28.9. The first-order valence-corrected chi connectivity index (χ1v) is 7.20. The van der Waals surface area contributed by atoms with E-state index in [9.17, 15) is 0 Å². The zero-order valence-corrected chi connectivity index (χ0v) is 11.3. The second-order valence-electron chi connectivity index (χ2n) is 5.48. The topological polar surface area (TPSA) is 35.7 Å². The first-order chi connectivity index (χ1) is 8.28. The van der Waals surface area contributed by atoms with Gasteiger partial charge in [-0.15, -0.1) is 0 Å². The van der Waals surface area contributed by atoms with Crippen LogP contribution >= 0.6 is 0 Å². The van der Waals surface area contributed by atoms with Crippen LogP contribution in [0.2, 0.25) is 0 Å². The van der Waals surface area contributed by atoms with E-state index in [0.29, 0.717) is 6.04 Å². The van der Waals surface area contributed by atoms with Crippen molar-refractivity contribution in [1.82, 2.24) is 14.7 Å². The van der Waals surface area contributed by atoms with Crippen molar-refractivity contribution in [1.29, 1.82) is 0 Å². The molecule has 2 rings (SSSR count). The van der Waals surface area contributed by atoms with Gasteiger partial charge in [0.05, 0.1) is 0 Å². The molecule has 100 valence electrons. The minimum Gasteiger partial charge on any atom is -0.326 e. The number of nitrogens with zero attached hydrogens (tertiary/aromatic N) is 3. The van der Waals surface area contributed by atoms with Crippen molar-refractivity contribution in [2.24, 2.45) is 5.73 Å². The Hall–Kier alpha value is -0.160. The summed E-state index contributed by atoms with van der Waals surface area (Å²) in [7, 11) is 0. The summed E-state index contributed by atoms with van der Waals surface area (Å²) >= 11 is 0. The van der Waals surface area contributed by atoms with Crippen molar-refractivity contribution in [2.75, 3.05) is 58.9 Å². The highest BCUT2D eigenvalue weighted by atomic mass is 15.3. The molecule has 0 saturated carbocycles. The van der Waals surface area contributed by atoms with Gasteiger partial charge in [-0.2, -0.15) is 0 Å². The highest BCUT2D eigenvalue weighted by Crippen LogP contribution is 2.08. The smallest absolute Gasteiger partial charge is 0.0180 e. The largest absolute Gasteiger partial charge is 0.326 e. The van der Waals surface area contributed by atoms with Gasteiger partial charge in [-0.25, -0.2) is 0 Å². The van der Waals surface area contributed by atoms with E-state index in [1.165, 1.54) is 65.2 Å². The van der Waals surface area contributed by atoms with E-state index in [4.69, 9.17) is 5.73 Å². The molecule has 0 bridgehead atoms. The van der Waals surface area contributed by atoms with Gasteiger partial charge in [0.25, 0.3) is 0 Å². The highest BCUT2D eigenvalue weighted by Gasteiger charge is 2.19. The molecule has 2 saturated heterocycles. The summed E-state index contributed by atoms with van der Waals surface area (Å²) in [5.74, 6) is 0. The predicted molar refractivity (Wildman–Crippen MR) is 72.2 cm³/mol. The molecule has 0 aromatic carbocycles. The van der Waals surface area contributed by atoms with Gasteiger partial charge in [-0.1, -0.05) is 6.92 Å². The summed E-state index contributed by atoms with van der Waals surface area (Å²) in [5.41, 5.74) is 5.91. The Bertz CT molecular complexity index is 213. The van der Waals surface area contributed by atoms with Crippen LogP contribution in [0.5, 0.6) is 0 Å². The number of hydrogen-bond donors (Lipinski definition) is 1. The maximum absolute atomic E-state index is 5.91. The summed E-state index contributed by atoms with van der Waals surface area (Å²) in [5, 5.41) is 0. The zero-order chi connectivity index (χ0) is 12.1. The molecule has 17 heavy (non-hydrogen) atoms. The van der Waals surface area contributed by atoms with Crippen LogP contribution in [0.3, 0.4) is 0 Å². The Morgan fingerprint density at radius 1 is 0.941 bits per heavy atom. The fourth-order valence-corrected chi connectivity index (χ4v) is 2.91. The Kier molecular flexibility index (Phi) is 5.22. The van der Waals surface area contributed by atoms with Gasteiger partial charge in [0.2, 0.25) is 0 Å². The van der Waals surface area contributed by atoms with Crippen molar-refractivity contribution in [2.45, 2.75) is 25.8 Å². The molecule has 2 fully saturated rings. The lowest BCUT2D eigenvalue weighted by Gasteiger charge is -2.34. The van der Waals surface area contributed by atoms with Gasteiger partial charge >= 0.3 is 0 Å². The number of nitrogens with two attached hydrogens (primary N) is 1. The molecule has 1 atom stereocenters. The SMILES string of the molecule is CCN1CCN(CCCN2CCC(N)C2)CC1. The van der Waals surface area contributed by atoms with Gasteiger partial charge in [0.1, 0.15) is 0 Å². The average molecular weight is 240 g/mol. The van der Waals surface area contributed by atoms with E-state index in [-0.39, 0.29) is 0 Å². The van der Waals surface area contributed by atoms with Crippen LogP contribution in [0, 0.1) is 0 Å². The quantitative estimate of drug-likeness (QED) is 0.736. The van der Waals surface area contributed by atoms with Crippen molar-refractivity contribution in [3.05, 3.63) is 0 Å². The summed E-state index contributed by atoms with van der Waals surface area (Å²) in [4.78, 5) is 7.67. The lowest BCUT2D eigenvalue weighted by Crippen LogP contribution is -2.46. The molecule has 0 aromatic heterocycles. The molecule has 2 heterocycles. The fourth-order valence-electron chi connectivity index (χ4n) is 2.91. The third-order valence-corrected chi connectivity index (χ3v) is 4.17. The predicted octanol–water partition coefficient (Wildman–Crippen LogP) is 0.0470. The molecule has 2 N–H and O–H groups in total. The van der Waals surface area contributed by atoms with E-state index in [1.807, 2.05) is 0 Å². The van der Waals surface area contributed by atoms with Crippen LogP contribution in [0.15, 0.2) is 0 Å². The van der Waals surface area contributed by atoms with Crippen molar-refractivity contribution in [3.8, 4) is 0 Å². The van der Waals surface area contributed by atoms with Crippen LogP contribution in [0.25, 0.3) is 0 Å². The van der Waals surface area contributed by atoms with Crippen LogP contribution in [-0.4, -0.2) is 79.6 Å². The molecular formula is C13H28N4. The standard InChI is InChI=1S/C13H28N4/c1-2-15-8-10-16(11-9-15)5-3-6-17-7-4-13(14)12-17/h13H,2-12,14H2,1H3. The lowest BCUT2D eigenvalue weighted by atomic mass is 10.3. The Labute approximate surface area is 106 Å². The van der Waals surface area contributed by atoms with Gasteiger partial charge in [-0.3, -0.25) is 0 Å². The van der Waals surface area contributed by atoms with Gasteiger partial charge in [0.15, 0.2) is 0 Å². The molecular weight excluding hydrogens is 212 g/mol. The third kappa shape index (κ3) is 4.21. The Morgan fingerprint density at radius 2 is 1.59 bits per heavy atom. The van der Waals surface area contributed by atoms with E-state index in [0.717, 1.165) is 6.54 Å². The molecule has 2 aliphatic rings. The second kappa shape index (κ2) is 6.69. The number of likely N-dealkylation sites (N-methyl/N-ethyl adjacent to an activating group) is 1. The maximum atomic E-state index is 5.91. The highest BCUT2D eigenvalue weighted by molar-refractivity contribution is 4.78.